The Hall–Kier alpha value is -0.870. The third-order valence-corrected chi connectivity index (χ3v) is 3.88. The lowest BCUT2D eigenvalue weighted by molar-refractivity contribution is 0.618. The number of benzene rings is 1. The molecule has 0 radical (unpaired) electrons. The molecule has 2 rings (SSSR count). The highest BCUT2D eigenvalue weighted by atomic mass is 79.9. The van der Waals surface area contributed by atoms with E-state index in [1.54, 1.807) is 24.3 Å². The van der Waals surface area contributed by atoms with E-state index in [4.69, 9.17) is 0 Å². The molecule has 0 aliphatic heterocycles. The van der Waals surface area contributed by atoms with E-state index in [-0.39, 0.29) is 5.82 Å². The Kier molecular flexibility index (Phi) is 3.61. The van der Waals surface area contributed by atoms with Crippen LogP contribution in [0.3, 0.4) is 0 Å². The van der Waals surface area contributed by atoms with Crippen molar-refractivity contribution in [1.82, 2.24) is 0 Å². The summed E-state index contributed by atoms with van der Waals surface area (Å²) >= 11 is 5.12. The number of thiophene rings is 1. The second kappa shape index (κ2) is 4.97. The van der Waals surface area contributed by atoms with Crippen molar-refractivity contribution in [3.8, 4) is 0 Å². The lowest BCUT2D eigenvalue weighted by atomic mass is 10.2. The molecular weight excluding hydrogens is 289 g/mol. The van der Waals surface area contributed by atoms with Crippen LogP contribution >= 0.6 is 27.3 Å². The molecule has 84 valence electrons. The smallest absolute Gasteiger partial charge is 0.126 e. The maximum Gasteiger partial charge on any atom is 0.126 e. The Morgan fingerprint density at radius 3 is 2.75 bits per heavy atom. The summed E-state index contributed by atoms with van der Waals surface area (Å²) in [5.74, 6) is -0.163. The summed E-state index contributed by atoms with van der Waals surface area (Å²) in [6.07, 6.45) is 0. The van der Waals surface area contributed by atoms with Gasteiger partial charge < -0.3 is 5.32 Å². The van der Waals surface area contributed by atoms with Gasteiger partial charge in [0.05, 0.1) is 3.79 Å². The van der Waals surface area contributed by atoms with Gasteiger partial charge in [0.15, 0.2) is 0 Å². The maximum atomic E-state index is 13.0. The Balaban J connectivity index is 2.02. The number of nitrogens with one attached hydrogen (secondary N) is 1. The van der Waals surface area contributed by atoms with Crippen molar-refractivity contribution < 1.29 is 4.39 Å². The molecule has 4 heteroatoms. The molecule has 0 saturated carbocycles. The van der Waals surface area contributed by atoms with E-state index in [9.17, 15) is 4.39 Å². The van der Waals surface area contributed by atoms with Gasteiger partial charge in [0.2, 0.25) is 0 Å². The lowest BCUT2D eigenvalue weighted by Crippen LogP contribution is -1.98. The topological polar surface area (TPSA) is 12.0 Å². The van der Waals surface area contributed by atoms with Crippen molar-refractivity contribution in [2.24, 2.45) is 0 Å². The standard InChI is InChI=1S/C12H11BrFNS/c1-8-6-9(2-4-11(8)14)15-7-10-3-5-12(13)16-10/h2-6,15H,7H2,1H3. The maximum absolute atomic E-state index is 13.0. The second-order valence-corrected chi connectivity index (χ2v) is 6.07. The summed E-state index contributed by atoms with van der Waals surface area (Å²) in [7, 11) is 0. The van der Waals surface area contributed by atoms with Crippen LogP contribution in [-0.2, 0) is 6.54 Å². The summed E-state index contributed by atoms with van der Waals surface area (Å²) < 4.78 is 14.2. The predicted octanol–water partition coefficient (Wildman–Crippen LogP) is 4.57. The van der Waals surface area contributed by atoms with E-state index in [1.807, 2.05) is 12.1 Å². The fraction of sp³-hybridized carbons (Fsp3) is 0.167. The Bertz CT molecular complexity index is 496. The van der Waals surface area contributed by atoms with Crippen molar-refractivity contribution in [2.45, 2.75) is 13.5 Å². The van der Waals surface area contributed by atoms with Crippen LogP contribution in [0.25, 0.3) is 0 Å². The Morgan fingerprint density at radius 2 is 2.12 bits per heavy atom. The molecule has 1 N–H and O–H groups in total. The zero-order valence-corrected chi connectivity index (χ0v) is 11.2. The van der Waals surface area contributed by atoms with Crippen molar-refractivity contribution in [1.29, 1.82) is 0 Å². The average Bonchev–Trinajstić information content (AvgIpc) is 2.66. The molecule has 0 aliphatic rings. The highest BCUT2D eigenvalue weighted by molar-refractivity contribution is 9.11. The Labute approximate surface area is 106 Å². The number of hydrogen-bond acceptors (Lipinski definition) is 2. The van der Waals surface area contributed by atoms with Crippen molar-refractivity contribution in [2.75, 3.05) is 5.32 Å². The fourth-order valence-electron chi connectivity index (χ4n) is 1.39. The molecule has 0 aliphatic carbocycles. The van der Waals surface area contributed by atoms with Gasteiger partial charge in [-0.05, 0) is 58.7 Å². The molecule has 1 nitrogen and oxygen atoms in total. The first-order chi connectivity index (χ1) is 7.65. The summed E-state index contributed by atoms with van der Waals surface area (Å²) in [5, 5.41) is 3.27. The third kappa shape index (κ3) is 2.83. The van der Waals surface area contributed by atoms with Gasteiger partial charge >= 0.3 is 0 Å². The van der Waals surface area contributed by atoms with Crippen LogP contribution < -0.4 is 5.32 Å². The minimum atomic E-state index is -0.163. The number of aryl methyl sites for hydroxylation is 1. The van der Waals surface area contributed by atoms with Gasteiger partial charge in [-0.15, -0.1) is 11.3 Å². The average molecular weight is 300 g/mol. The first kappa shape index (κ1) is 11.6. The summed E-state index contributed by atoms with van der Waals surface area (Å²) in [6, 6.07) is 9.15. The molecule has 0 bridgehead atoms. The molecule has 0 fully saturated rings. The van der Waals surface area contributed by atoms with Gasteiger partial charge in [0.1, 0.15) is 5.82 Å². The van der Waals surface area contributed by atoms with Crippen LogP contribution in [0.4, 0.5) is 10.1 Å². The van der Waals surface area contributed by atoms with E-state index >= 15 is 0 Å². The summed E-state index contributed by atoms with van der Waals surface area (Å²) in [5.41, 5.74) is 1.61. The van der Waals surface area contributed by atoms with Gasteiger partial charge in [-0.2, -0.15) is 0 Å². The molecule has 0 atom stereocenters. The van der Waals surface area contributed by atoms with Gasteiger partial charge in [0, 0.05) is 17.1 Å². The van der Waals surface area contributed by atoms with Gasteiger partial charge in [-0.1, -0.05) is 0 Å². The minimum absolute atomic E-state index is 0.163. The van der Waals surface area contributed by atoms with Gasteiger partial charge in [-0.25, -0.2) is 4.39 Å². The van der Waals surface area contributed by atoms with Crippen molar-refractivity contribution in [3.63, 3.8) is 0 Å². The third-order valence-electron chi connectivity index (χ3n) is 2.25. The molecule has 0 amide bonds. The molecule has 1 aromatic carbocycles. The van der Waals surface area contributed by atoms with E-state index in [1.165, 1.54) is 10.9 Å². The van der Waals surface area contributed by atoms with E-state index in [0.717, 1.165) is 16.0 Å². The quantitative estimate of drug-likeness (QED) is 0.875. The van der Waals surface area contributed by atoms with Crippen LogP contribution in [-0.4, -0.2) is 0 Å². The van der Waals surface area contributed by atoms with E-state index in [2.05, 4.69) is 27.3 Å². The highest BCUT2D eigenvalue weighted by Gasteiger charge is 2.00. The first-order valence-electron chi connectivity index (χ1n) is 4.89. The molecule has 1 aromatic heterocycles. The van der Waals surface area contributed by atoms with Crippen LogP contribution in [0.5, 0.6) is 0 Å². The molecule has 0 saturated heterocycles. The zero-order valence-electron chi connectivity index (χ0n) is 8.76. The van der Waals surface area contributed by atoms with E-state index in [0.29, 0.717) is 5.56 Å². The summed E-state index contributed by atoms with van der Waals surface area (Å²) in [6.45, 7) is 2.53. The minimum Gasteiger partial charge on any atom is -0.380 e. The Morgan fingerprint density at radius 1 is 1.31 bits per heavy atom. The van der Waals surface area contributed by atoms with Crippen LogP contribution in [0.15, 0.2) is 34.1 Å². The molecule has 16 heavy (non-hydrogen) atoms. The largest absolute Gasteiger partial charge is 0.380 e. The van der Waals surface area contributed by atoms with Crippen molar-refractivity contribution in [3.05, 3.63) is 50.4 Å². The number of rotatable bonds is 3. The first-order valence-corrected chi connectivity index (χ1v) is 6.50. The van der Waals surface area contributed by atoms with Crippen molar-refractivity contribution >= 4 is 33.0 Å². The lowest BCUT2D eigenvalue weighted by Gasteiger charge is -2.06. The molecule has 1 heterocycles. The van der Waals surface area contributed by atoms with Crippen LogP contribution in [0, 0.1) is 12.7 Å². The zero-order chi connectivity index (χ0) is 11.5. The highest BCUT2D eigenvalue weighted by Crippen LogP contribution is 2.23. The molecular formula is C12H11BrFNS. The van der Waals surface area contributed by atoms with Gasteiger partial charge in [-0.3, -0.25) is 0 Å². The normalized spacial score (nSPS) is 10.4. The SMILES string of the molecule is Cc1cc(NCc2ccc(Br)s2)ccc1F. The van der Waals surface area contributed by atoms with E-state index < -0.39 is 0 Å². The number of halogens is 2. The number of hydrogen-bond donors (Lipinski definition) is 1. The van der Waals surface area contributed by atoms with Gasteiger partial charge in [0.25, 0.3) is 0 Å². The number of anilines is 1. The van der Waals surface area contributed by atoms with Crippen LogP contribution in [0.1, 0.15) is 10.4 Å². The predicted molar refractivity (Wildman–Crippen MR) is 70.5 cm³/mol. The second-order valence-electron chi connectivity index (χ2n) is 3.52. The summed E-state index contributed by atoms with van der Waals surface area (Å²) in [4.78, 5) is 1.24. The monoisotopic (exact) mass is 299 g/mol. The molecule has 0 spiro atoms. The van der Waals surface area contributed by atoms with Crippen LogP contribution in [0.2, 0.25) is 0 Å². The molecule has 0 unspecified atom stereocenters. The fourth-order valence-corrected chi connectivity index (χ4v) is 2.81. The molecule has 2 aromatic rings.